The molecule has 0 unspecified atom stereocenters. The van der Waals surface area contributed by atoms with E-state index >= 15 is 0 Å². The largest absolute Gasteiger partial charge is 0.497 e. The quantitative estimate of drug-likeness (QED) is 0.636. The van der Waals surface area contributed by atoms with Crippen LogP contribution in [0.25, 0.3) is 0 Å². The Morgan fingerprint density at radius 1 is 1.00 bits per heavy atom. The topological polar surface area (TPSA) is 103 Å². The summed E-state index contributed by atoms with van der Waals surface area (Å²) in [5, 5.41) is 5.57. The number of hydrogen-bond acceptors (Lipinski definition) is 6. The van der Waals surface area contributed by atoms with Gasteiger partial charge in [-0.2, -0.15) is 0 Å². The summed E-state index contributed by atoms with van der Waals surface area (Å²) in [5.41, 5.74) is 0.769. The fourth-order valence-corrected chi connectivity index (χ4v) is 2.39. The van der Waals surface area contributed by atoms with Crippen molar-refractivity contribution < 1.29 is 28.6 Å². The molecular formula is C20H21ClN2O6. The molecular weight excluding hydrogens is 400 g/mol. The van der Waals surface area contributed by atoms with Crippen LogP contribution in [0.5, 0.6) is 11.5 Å². The molecule has 2 aromatic carbocycles. The molecule has 29 heavy (non-hydrogen) atoms. The molecule has 1 atom stereocenters. The Balaban J connectivity index is 1.86. The predicted octanol–water partition coefficient (Wildman–Crippen LogP) is 2.66. The maximum Gasteiger partial charge on any atom is 0.326 e. The van der Waals surface area contributed by atoms with Gasteiger partial charge in [0.05, 0.1) is 14.2 Å². The zero-order valence-corrected chi connectivity index (χ0v) is 16.9. The van der Waals surface area contributed by atoms with Crippen molar-refractivity contribution in [3.05, 3.63) is 53.1 Å². The van der Waals surface area contributed by atoms with Crippen LogP contribution in [0, 0.1) is 0 Å². The first-order chi connectivity index (χ1) is 13.8. The fourth-order valence-electron chi connectivity index (χ4n) is 2.26. The highest BCUT2D eigenvalue weighted by Gasteiger charge is 2.19. The van der Waals surface area contributed by atoms with E-state index in [9.17, 15) is 14.4 Å². The van der Waals surface area contributed by atoms with Crippen molar-refractivity contribution in [2.24, 2.45) is 0 Å². The minimum absolute atomic E-state index is 0.252. The van der Waals surface area contributed by atoms with Gasteiger partial charge < -0.3 is 24.8 Å². The summed E-state index contributed by atoms with van der Waals surface area (Å²) >= 11 is 5.79. The van der Waals surface area contributed by atoms with E-state index in [0.29, 0.717) is 22.2 Å². The molecule has 0 aromatic heterocycles. The number of halogens is 1. The average Bonchev–Trinajstić information content (AvgIpc) is 2.72. The molecule has 0 saturated carbocycles. The van der Waals surface area contributed by atoms with Crippen molar-refractivity contribution in [3.63, 3.8) is 0 Å². The summed E-state index contributed by atoms with van der Waals surface area (Å²) in [4.78, 5) is 36.3. The highest BCUT2D eigenvalue weighted by molar-refractivity contribution is 6.30. The Morgan fingerprint density at radius 3 is 2.14 bits per heavy atom. The summed E-state index contributed by atoms with van der Waals surface area (Å²) in [5.74, 6) is -0.914. The SMILES string of the molecule is COc1cc(OC)cc(C(=O)NCC(=O)O[C@@H](C)C(=O)Nc2ccc(Cl)cc2)c1. The van der Waals surface area contributed by atoms with Crippen LogP contribution in [-0.4, -0.2) is 44.7 Å². The number of amides is 2. The zero-order chi connectivity index (χ0) is 21.4. The Kier molecular flexibility index (Phi) is 7.85. The second kappa shape index (κ2) is 10.3. The van der Waals surface area contributed by atoms with Gasteiger partial charge in [-0.1, -0.05) is 11.6 Å². The lowest BCUT2D eigenvalue weighted by atomic mass is 10.2. The minimum Gasteiger partial charge on any atom is -0.497 e. The van der Waals surface area contributed by atoms with Gasteiger partial charge >= 0.3 is 5.97 Å². The van der Waals surface area contributed by atoms with Crippen LogP contribution in [-0.2, 0) is 14.3 Å². The van der Waals surface area contributed by atoms with Gasteiger partial charge in [0.1, 0.15) is 18.0 Å². The molecule has 0 aliphatic carbocycles. The summed E-state index contributed by atoms with van der Waals surface area (Å²) in [6, 6.07) is 11.1. The number of esters is 1. The van der Waals surface area contributed by atoms with E-state index in [1.165, 1.54) is 33.3 Å². The molecule has 154 valence electrons. The second-order valence-corrected chi connectivity index (χ2v) is 6.35. The van der Waals surface area contributed by atoms with E-state index in [4.69, 9.17) is 25.8 Å². The highest BCUT2D eigenvalue weighted by atomic mass is 35.5. The lowest BCUT2D eigenvalue weighted by Gasteiger charge is -2.14. The summed E-state index contributed by atoms with van der Waals surface area (Å²) in [6.07, 6.45) is -1.05. The first kappa shape index (κ1) is 22.0. The molecule has 0 aliphatic heterocycles. The molecule has 0 radical (unpaired) electrons. The number of nitrogens with one attached hydrogen (secondary N) is 2. The first-order valence-electron chi connectivity index (χ1n) is 8.59. The molecule has 0 bridgehead atoms. The van der Waals surface area contributed by atoms with Crippen molar-refractivity contribution in [1.82, 2.24) is 5.32 Å². The van der Waals surface area contributed by atoms with Crippen molar-refractivity contribution >= 4 is 35.1 Å². The number of carbonyl (C=O) groups excluding carboxylic acids is 3. The predicted molar refractivity (Wildman–Crippen MR) is 108 cm³/mol. The van der Waals surface area contributed by atoms with E-state index in [-0.39, 0.29) is 5.56 Å². The Labute approximate surface area is 173 Å². The molecule has 2 aromatic rings. The maximum absolute atomic E-state index is 12.3. The van der Waals surface area contributed by atoms with Crippen LogP contribution in [0.1, 0.15) is 17.3 Å². The fraction of sp³-hybridized carbons (Fsp3) is 0.250. The third kappa shape index (κ3) is 6.69. The standard InChI is InChI=1S/C20H21ClN2O6/c1-12(19(25)23-15-6-4-14(21)5-7-15)29-18(24)11-22-20(26)13-8-16(27-2)10-17(9-13)28-3/h4-10,12H,11H2,1-3H3,(H,22,26)(H,23,25)/t12-/m0/s1. The summed E-state index contributed by atoms with van der Waals surface area (Å²) in [6.45, 7) is 1.02. The molecule has 2 amide bonds. The summed E-state index contributed by atoms with van der Waals surface area (Å²) < 4.78 is 15.3. The minimum atomic E-state index is -1.05. The maximum atomic E-state index is 12.3. The van der Waals surface area contributed by atoms with Crippen LogP contribution in [0.3, 0.4) is 0 Å². The number of anilines is 1. The molecule has 0 aliphatic rings. The lowest BCUT2D eigenvalue weighted by molar-refractivity contribution is -0.152. The van der Waals surface area contributed by atoms with Gasteiger partial charge in [-0.05, 0) is 43.3 Å². The van der Waals surface area contributed by atoms with Gasteiger partial charge in [0, 0.05) is 22.3 Å². The highest BCUT2D eigenvalue weighted by Crippen LogP contribution is 2.22. The smallest absolute Gasteiger partial charge is 0.326 e. The van der Waals surface area contributed by atoms with E-state index in [1.807, 2.05) is 0 Å². The number of carbonyl (C=O) groups is 3. The third-order valence-electron chi connectivity index (χ3n) is 3.80. The molecule has 0 spiro atoms. The van der Waals surface area contributed by atoms with Gasteiger partial charge in [0.15, 0.2) is 6.10 Å². The second-order valence-electron chi connectivity index (χ2n) is 5.91. The molecule has 2 rings (SSSR count). The number of rotatable bonds is 8. The Bertz CT molecular complexity index is 863. The van der Waals surface area contributed by atoms with Crippen LogP contribution < -0.4 is 20.1 Å². The van der Waals surface area contributed by atoms with Gasteiger partial charge in [-0.25, -0.2) is 0 Å². The zero-order valence-electron chi connectivity index (χ0n) is 16.2. The van der Waals surface area contributed by atoms with Crippen LogP contribution >= 0.6 is 11.6 Å². The van der Waals surface area contributed by atoms with Crippen molar-refractivity contribution in [3.8, 4) is 11.5 Å². The molecule has 9 heteroatoms. The lowest BCUT2D eigenvalue weighted by Crippen LogP contribution is -2.35. The number of hydrogen-bond donors (Lipinski definition) is 2. The van der Waals surface area contributed by atoms with E-state index in [1.54, 1.807) is 30.3 Å². The molecule has 0 heterocycles. The Morgan fingerprint density at radius 2 is 1.59 bits per heavy atom. The monoisotopic (exact) mass is 420 g/mol. The molecule has 0 saturated heterocycles. The molecule has 0 fully saturated rings. The number of ether oxygens (including phenoxy) is 3. The number of benzene rings is 2. The van der Waals surface area contributed by atoms with Crippen LogP contribution in [0.2, 0.25) is 5.02 Å². The van der Waals surface area contributed by atoms with E-state index < -0.39 is 30.4 Å². The number of methoxy groups -OCH3 is 2. The van der Waals surface area contributed by atoms with Crippen LogP contribution in [0.4, 0.5) is 5.69 Å². The van der Waals surface area contributed by atoms with E-state index in [0.717, 1.165) is 0 Å². The van der Waals surface area contributed by atoms with Crippen molar-refractivity contribution in [2.45, 2.75) is 13.0 Å². The van der Waals surface area contributed by atoms with Gasteiger partial charge in [0.2, 0.25) is 0 Å². The average molecular weight is 421 g/mol. The Hall–Kier alpha value is -3.26. The van der Waals surface area contributed by atoms with Gasteiger partial charge in [0.25, 0.3) is 11.8 Å². The van der Waals surface area contributed by atoms with Crippen molar-refractivity contribution in [1.29, 1.82) is 0 Å². The third-order valence-corrected chi connectivity index (χ3v) is 4.05. The molecule has 8 nitrogen and oxygen atoms in total. The van der Waals surface area contributed by atoms with Crippen LogP contribution in [0.15, 0.2) is 42.5 Å². The molecule has 2 N–H and O–H groups in total. The first-order valence-corrected chi connectivity index (χ1v) is 8.97. The van der Waals surface area contributed by atoms with Crippen molar-refractivity contribution in [2.75, 3.05) is 26.1 Å². The van der Waals surface area contributed by atoms with Gasteiger partial charge in [-0.3, -0.25) is 14.4 Å². The summed E-state index contributed by atoms with van der Waals surface area (Å²) in [7, 11) is 2.93. The normalized spacial score (nSPS) is 11.2. The van der Waals surface area contributed by atoms with Gasteiger partial charge in [-0.15, -0.1) is 0 Å². The van der Waals surface area contributed by atoms with E-state index in [2.05, 4.69) is 10.6 Å².